The van der Waals surface area contributed by atoms with Crippen molar-refractivity contribution in [3.05, 3.63) is 34.9 Å². The van der Waals surface area contributed by atoms with E-state index in [0.29, 0.717) is 6.61 Å². The number of ether oxygens (including phenoxy) is 1. The van der Waals surface area contributed by atoms with Crippen LogP contribution >= 0.6 is 0 Å². The third kappa shape index (κ3) is 3.40. The first-order valence-corrected chi connectivity index (χ1v) is 7.18. The zero-order valence-corrected chi connectivity index (χ0v) is 13.4. The Morgan fingerprint density at radius 3 is 2.40 bits per heavy atom. The van der Waals surface area contributed by atoms with Gasteiger partial charge in [-0.15, -0.1) is 0 Å². The number of aliphatic hydroxyl groups is 1. The van der Waals surface area contributed by atoms with Crippen LogP contribution in [0.3, 0.4) is 0 Å². The van der Waals surface area contributed by atoms with E-state index in [2.05, 4.69) is 0 Å². The predicted octanol–water partition coefficient (Wildman–Crippen LogP) is 3.35. The fourth-order valence-corrected chi connectivity index (χ4v) is 2.93. The highest BCUT2D eigenvalue weighted by molar-refractivity contribution is 5.74. The van der Waals surface area contributed by atoms with Gasteiger partial charge in [-0.1, -0.05) is 37.6 Å². The summed E-state index contributed by atoms with van der Waals surface area (Å²) in [5, 5.41) is 11.0. The lowest BCUT2D eigenvalue weighted by Crippen LogP contribution is -2.42. The summed E-state index contributed by atoms with van der Waals surface area (Å²) in [4.78, 5) is 12.2. The Kier molecular flexibility index (Phi) is 5.35. The van der Waals surface area contributed by atoms with Gasteiger partial charge >= 0.3 is 5.97 Å². The van der Waals surface area contributed by atoms with Crippen LogP contribution in [0.1, 0.15) is 44.4 Å². The molecule has 0 aromatic heterocycles. The van der Waals surface area contributed by atoms with E-state index in [9.17, 15) is 9.90 Å². The molecule has 0 heterocycles. The molecule has 0 spiro atoms. The van der Waals surface area contributed by atoms with Crippen LogP contribution in [-0.4, -0.2) is 17.7 Å². The summed E-state index contributed by atoms with van der Waals surface area (Å²) in [6.07, 6.45) is 0. The maximum Gasteiger partial charge on any atom is 0.312 e. The topological polar surface area (TPSA) is 46.5 Å². The highest BCUT2D eigenvalue weighted by atomic mass is 16.5. The van der Waals surface area contributed by atoms with Gasteiger partial charge in [-0.2, -0.15) is 0 Å². The van der Waals surface area contributed by atoms with E-state index in [0.717, 1.165) is 16.7 Å². The molecule has 1 aromatic carbocycles. The molecule has 0 fully saturated rings. The van der Waals surface area contributed by atoms with Crippen molar-refractivity contribution in [1.29, 1.82) is 0 Å². The van der Waals surface area contributed by atoms with Gasteiger partial charge < -0.3 is 9.84 Å². The average Bonchev–Trinajstić information content (AvgIpc) is 2.27. The van der Waals surface area contributed by atoms with Crippen LogP contribution in [0.15, 0.2) is 18.2 Å². The van der Waals surface area contributed by atoms with Crippen molar-refractivity contribution < 1.29 is 14.6 Å². The Balaban J connectivity index is 3.25. The van der Waals surface area contributed by atoms with E-state index in [1.165, 1.54) is 0 Å². The standard InChI is InChI=1S/C17H26O3/c1-7-20-16(18)15(11(2)3)17(6,19)14-9-8-12(4)10-13(14)5/h8-11,15,19H,7H2,1-6H3. The Morgan fingerprint density at radius 2 is 1.95 bits per heavy atom. The highest BCUT2D eigenvalue weighted by Gasteiger charge is 2.42. The number of hydrogen-bond donors (Lipinski definition) is 1. The second-order valence-electron chi connectivity index (χ2n) is 5.94. The second kappa shape index (κ2) is 6.40. The quantitative estimate of drug-likeness (QED) is 0.840. The molecular weight excluding hydrogens is 252 g/mol. The number of hydrogen-bond acceptors (Lipinski definition) is 3. The molecule has 0 aliphatic rings. The molecule has 3 nitrogen and oxygen atoms in total. The second-order valence-corrected chi connectivity index (χ2v) is 5.94. The summed E-state index contributed by atoms with van der Waals surface area (Å²) in [5.74, 6) is -0.930. The van der Waals surface area contributed by atoms with Crippen molar-refractivity contribution in [3.8, 4) is 0 Å². The molecule has 0 aliphatic heterocycles. The van der Waals surface area contributed by atoms with Crippen LogP contribution in [0.4, 0.5) is 0 Å². The molecule has 1 aromatic rings. The summed E-state index contributed by atoms with van der Waals surface area (Å²) in [5.41, 5.74) is 1.68. The molecule has 0 saturated carbocycles. The molecular formula is C17H26O3. The van der Waals surface area contributed by atoms with Crippen LogP contribution in [0.2, 0.25) is 0 Å². The molecule has 0 saturated heterocycles. The molecule has 112 valence electrons. The molecule has 0 amide bonds. The van der Waals surface area contributed by atoms with Gasteiger partial charge in [0.25, 0.3) is 0 Å². The van der Waals surface area contributed by atoms with Crippen molar-refractivity contribution in [3.63, 3.8) is 0 Å². The van der Waals surface area contributed by atoms with Crippen LogP contribution in [0.5, 0.6) is 0 Å². The fraction of sp³-hybridized carbons (Fsp3) is 0.588. The van der Waals surface area contributed by atoms with Crippen LogP contribution in [0.25, 0.3) is 0 Å². The highest BCUT2D eigenvalue weighted by Crippen LogP contribution is 2.37. The number of aryl methyl sites for hydroxylation is 2. The Bertz CT molecular complexity index is 475. The molecule has 2 atom stereocenters. The maximum absolute atomic E-state index is 12.2. The number of rotatable bonds is 5. The zero-order valence-electron chi connectivity index (χ0n) is 13.4. The average molecular weight is 278 g/mol. The normalized spacial score (nSPS) is 15.8. The Labute approximate surface area is 122 Å². The number of carbonyl (C=O) groups is 1. The first kappa shape index (κ1) is 16.7. The van der Waals surface area contributed by atoms with Crippen LogP contribution < -0.4 is 0 Å². The van der Waals surface area contributed by atoms with Crippen molar-refractivity contribution in [2.24, 2.45) is 11.8 Å². The van der Waals surface area contributed by atoms with Gasteiger partial charge in [0, 0.05) is 0 Å². The lowest BCUT2D eigenvalue weighted by atomic mass is 9.75. The molecule has 20 heavy (non-hydrogen) atoms. The third-order valence-corrected chi connectivity index (χ3v) is 3.74. The van der Waals surface area contributed by atoms with E-state index in [-0.39, 0.29) is 11.9 Å². The van der Waals surface area contributed by atoms with E-state index in [1.807, 2.05) is 45.9 Å². The SMILES string of the molecule is CCOC(=O)C(C(C)C)C(C)(O)c1ccc(C)cc1C. The van der Waals surface area contributed by atoms with E-state index in [1.54, 1.807) is 13.8 Å². The van der Waals surface area contributed by atoms with Crippen LogP contribution in [-0.2, 0) is 15.1 Å². The van der Waals surface area contributed by atoms with Gasteiger partial charge in [-0.3, -0.25) is 4.79 Å². The van der Waals surface area contributed by atoms with Crippen molar-refractivity contribution in [1.82, 2.24) is 0 Å². The molecule has 3 heteroatoms. The molecule has 0 bridgehead atoms. The number of benzene rings is 1. The fourth-order valence-electron chi connectivity index (χ4n) is 2.93. The van der Waals surface area contributed by atoms with E-state index >= 15 is 0 Å². The van der Waals surface area contributed by atoms with Crippen LogP contribution in [0, 0.1) is 25.7 Å². The van der Waals surface area contributed by atoms with Crippen molar-refractivity contribution >= 4 is 5.97 Å². The minimum Gasteiger partial charge on any atom is -0.466 e. The smallest absolute Gasteiger partial charge is 0.312 e. The lowest BCUT2D eigenvalue weighted by Gasteiger charge is -2.35. The minimum atomic E-state index is -1.24. The monoisotopic (exact) mass is 278 g/mol. The molecule has 0 radical (unpaired) electrons. The van der Waals surface area contributed by atoms with Gasteiger partial charge in [-0.25, -0.2) is 0 Å². The molecule has 0 aliphatic carbocycles. The van der Waals surface area contributed by atoms with Gasteiger partial charge in [0.2, 0.25) is 0 Å². The molecule has 1 N–H and O–H groups in total. The van der Waals surface area contributed by atoms with Crippen molar-refractivity contribution in [2.45, 2.75) is 47.1 Å². The van der Waals surface area contributed by atoms with E-state index < -0.39 is 11.5 Å². The maximum atomic E-state index is 12.2. The molecule has 2 unspecified atom stereocenters. The first-order chi connectivity index (χ1) is 9.21. The Morgan fingerprint density at radius 1 is 1.35 bits per heavy atom. The minimum absolute atomic E-state index is 0.00949. The summed E-state index contributed by atoms with van der Waals surface area (Å²) in [6, 6.07) is 5.88. The summed E-state index contributed by atoms with van der Waals surface area (Å²) >= 11 is 0. The largest absolute Gasteiger partial charge is 0.466 e. The van der Waals surface area contributed by atoms with Gasteiger partial charge in [0.15, 0.2) is 0 Å². The van der Waals surface area contributed by atoms with Crippen molar-refractivity contribution in [2.75, 3.05) is 6.61 Å². The van der Waals surface area contributed by atoms with E-state index in [4.69, 9.17) is 4.74 Å². The van der Waals surface area contributed by atoms with Gasteiger partial charge in [0.05, 0.1) is 12.5 Å². The predicted molar refractivity (Wildman–Crippen MR) is 80.4 cm³/mol. The van der Waals surface area contributed by atoms with Gasteiger partial charge in [0.1, 0.15) is 5.60 Å². The first-order valence-electron chi connectivity index (χ1n) is 7.18. The zero-order chi connectivity index (χ0) is 15.5. The summed E-state index contributed by atoms with van der Waals surface area (Å²) < 4.78 is 5.14. The summed E-state index contributed by atoms with van der Waals surface area (Å²) in [7, 11) is 0. The Hall–Kier alpha value is -1.35. The third-order valence-electron chi connectivity index (χ3n) is 3.74. The number of carbonyl (C=O) groups excluding carboxylic acids is 1. The molecule has 1 rings (SSSR count). The lowest BCUT2D eigenvalue weighted by molar-refractivity contribution is -0.161. The summed E-state index contributed by atoms with van der Waals surface area (Å²) in [6.45, 7) is 11.6. The number of esters is 1. The van der Waals surface area contributed by atoms with Gasteiger partial charge in [-0.05, 0) is 44.7 Å².